The molecule has 244 valence electrons. The van der Waals surface area contributed by atoms with Crippen LogP contribution in [0.15, 0.2) is 72.3 Å². The third kappa shape index (κ3) is 4.08. The van der Waals surface area contributed by atoms with E-state index in [1.165, 1.54) is 18.2 Å². The van der Waals surface area contributed by atoms with E-state index in [0.29, 0.717) is 22.5 Å². The molecule has 5 aliphatic rings. The number of carbonyl (C=O) groups excluding carboxylic acids is 2. The van der Waals surface area contributed by atoms with Gasteiger partial charge in [-0.2, -0.15) is 0 Å². The van der Waals surface area contributed by atoms with Crippen LogP contribution in [0.3, 0.4) is 0 Å². The van der Waals surface area contributed by atoms with Crippen LogP contribution in [0.1, 0.15) is 55.3 Å². The van der Waals surface area contributed by atoms with Crippen LogP contribution in [0, 0.1) is 22.7 Å². The molecule has 3 saturated carbocycles. The van der Waals surface area contributed by atoms with Crippen molar-refractivity contribution in [3.63, 3.8) is 0 Å². The lowest BCUT2D eigenvalue weighted by atomic mass is 9.44. The van der Waals surface area contributed by atoms with Gasteiger partial charge in [-0.3, -0.25) is 9.59 Å². The molecule has 2 aromatic carbocycles. The van der Waals surface area contributed by atoms with Crippen molar-refractivity contribution < 1.29 is 43.2 Å². The van der Waals surface area contributed by atoms with Gasteiger partial charge in [-0.15, -0.1) is 0 Å². The van der Waals surface area contributed by atoms with Crippen molar-refractivity contribution in [3.05, 3.63) is 83.5 Å². The van der Waals surface area contributed by atoms with Gasteiger partial charge in [0.2, 0.25) is 0 Å². The number of nitrogens with two attached hydrogens (primary N) is 1. The number of fused-ring (bicyclic) bond motifs is 7. The maximum Gasteiger partial charge on any atom is 0.255 e. The van der Waals surface area contributed by atoms with E-state index in [-0.39, 0.29) is 30.7 Å². The second kappa shape index (κ2) is 10.5. The van der Waals surface area contributed by atoms with Crippen LogP contribution in [0.4, 0.5) is 20.2 Å². The molecule has 1 aliphatic heterocycles. The number of ketones is 1. The molecular formula is C35H38F2N2O7. The summed E-state index contributed by atoms with van der Waals surface area (Å²) in [6.07, 6.45) is -2.26. The SMILES string of the molecule is C[C@]12C=CC(O)C=C1[C@@H](F)C[C@H]1[C@@H]3C[C@H]4O[C@@H](c5ccc(C(=O)Nc6cccc(N)c6)cc5)O[C@@]4(C(=O)CO)[C@@]3(C)C[C@H](O)[C@@]12F. The first kappa shape index (κ1) is 31.1. The zero-order chi connectivity index (χ0) is 32.8. The van der Waals surface area contributed by atoms with Gasteiger partial charge in [0, 0.05) is 39.2 Å². The van der Waals surface area contributed by atoms with Gasteiger partial charge >= 0.3 is 0 Å². The van der Waals surface area contributed by atoms with E-state index in [1.54, 1.807) is 62.4 Å². The van der Waals surface area contributed by atoms with Crippen LogP contribution >= 0.6 is 0 Å². The Balaban J connectivity index is 1.18. The van der Waals surface area contributed by atoms with Crippen molar-refractivity contribution in [3.8, 4) is 0 Å². The Morgan fingerprint density at radius 3 is 2.52 bits per heavy atom. The normalized spacial score (nSPS) is 42.3. The second-order valence-electron chi connectivity index (χ2n) is 13.8. The summed E-state index contributed by atoms with van der Waals surface area (Å²) >= 11 is 0. The third-order valence-corrected chi connectivity index (χ3v) is 11.6. The summed E-state index contributed by atoms with van der Waals surface area (Å²) in [5.74, 6) is -2.64. The molecule has 11 heteroatoms. The molecule has 4 aliphatic carbocycles. The highest BCUT2D eigenvalue weighted by Crippen LogP contribution is 2.72. The number of aliphatic hydroxyl groups excluding tert-OH is 3. The van der Waals surface area contributed by atoms with Crippen molar-refractivity contribution >= 4 is 23.1 Å². The van der Waals surface area contributed by atoms with Gasteiger partial charge in [-0.1, -0.05) is 37.3 Å². The van der Waals surface area contributed by atoms with Crippen molar-refractivity contribution in [2.75, 3.05) is 17.7 Å². The summed E-state index contributed by atoms with van der Waals surface area (Å²) in [7, 11) is 0. The molecule has 7 rings (SSSR count). The first-order chi connectivity index (χ1) is 21.8. The number of benzene rings is 2. The van der Waals surface area contributed by atoms with E-state index in [1.807, 2.05) is 0 Å². The monoisotopic (exact) mass is 636 g/mol. The molecule has 11 atom stereocenters. The van der Waals surface area contributed by atoms with Crippen molar-refractivity contribution in [1.29, 1.82) is 0 Å². The number of halogens is 2. The molecule has 1 saturated heterocycles. The van der Waals surface area contributed by atoms with Crippen molar-refractivity contribution in [2.45, 2.75) is 75.2 Å². The number of Topliss-reactive ketones (excluding diaryl/α,β-unsaturated/α-hetero) is 1. The number of carbonyl (C=O) groups is 2. The van der Waals surface area contributed by atoms with Crippen LogP contribution in [0.25, 0.3) is 0 Å². The molecule has 2 aromatic rings. The van der Waals surface area contributed by atoms with E-state index in [9.17, 15) is 24.9 Å². The van der Waals surface area contributed by atoms with Gasteiger partial charge in [0.05, 0.1) is 18.3 Å². The average molecular weight is 637 g/mol. The van der Waals surface area contributed by atoms with Crippen LogP contribution < -0.4 is 11.1 Å². The molecule has 0 bridgehead atoms. The molecule has 1 unspecified atom stereocenters. The number of alkyl halides is 2. The number of rotatable bonds is 5. The fourth-order valence-electron chi connectivity index (χ4n) is 9.44. The highest BCUT2D eigenvalue weighted by molar-refractivity contribution is 6.04. The first-order valence-electron chi connectivity index (χ1n) is 15.6. The van der Waals surface area contributed by atoms with Crippen LogP contribution in [-0.2, 0) is 14.3 Å². The quantitative estimate of drug-likeness (QED) is 0.245. The summed E-state index contributed by atoms with van der Waals surface area (Å²) in [5, 5.41) is 34.8. The maximum absolute atomic E-state index is 17.6. The predicted octanol–water partition coefficient (Wildman–Crippen LogP) is 3.96. The lowest BCUT2D eigenvalue weighted by Crippen LogP contribution is -2.70. The Morgan fingerprint density at radius 2 is 1.83 bits per heavy atom. The summed E-state index contributed by atoms with van der Waals surface area (Å²) in [6, 6.07) is 13.3. The van der Waals surface area contributed by atoms with E-state index >= 15 is 8.78 Å². The molecule has 6 N–H and O–H groups in total. The summed E-state index contributed by atoms with van der Waals surface area (Å²) in [6.45, 7) is 2.43. The smallest absolute Gasteiger partial charge is 0.255 e. The van der Waals surface area contributed by atoms with E-state index < -0.39 is 77.1 Å². The summed E-state index contributed by atoms with van der Waals surface area (Å²) < 4.78 is 46.3. The predicted molar refractivity (Wildman–Crippen MR) is 164 cm³/mol. The Bertz CT molecular complexity index is 1650. The van der Waals surface area contributed by atoms with Gasteiger partial charge in [0.25, 0.3) is 5.91 Å². The zero-order valence-corrected chi connectivity index (χ0v) is 25.5. The number of hydrogen-bond donors (Lipinski definition) is 5. The number of nitrogen functional groups attached to an aromatic ring is 1. The van der Waals surface area contributed by atoms with E-state index in [4.69, 9.17) is 15.2 Å². The summed E-state index contributed by atoms with van der Waals surface area (Å²) in [4.78, 5) is 26.5. The highest BCUT2D eigenvalue weighted by atomic mass is 19.1. The minimum atomic E-state index is -2.29. The molecule has 4 fully saturated rings. The molecule has 0 aromatic heterocycles. The van der Waals surface area contributed by atoms with Gasteiger partial charge in [0.1, 0.15) is 12.8 Å². The molecule has 9 nitrogen and oxygen atoms in total. The minimum Gasteiger partial charge on any atom is -0.399 e. The fraction of sp³-hybridized carbons (Fsp3) is 0.486. The Kier molecular flexibility index (Phi) is 7.12. The third-order valence-electron chi connectivity index (χ3n) is 11.6. The standard InChI is InChI=1S/C35H38F2N2O7/c1-32-11-10-22(41)13-25(32)26(36)14-24-23-15-29-35(28(43)17-40,33(23,2)16-27(42)34(24,32)37)46-31(45-29)19-8-6-18(7-9-19)30(44)39-21-5-3-4-20(38)12-21/h3-13,22-24,26-27,29,31,40-42H,14-17,38H2,1-2H3,(H,39,44)/t22?,23-,24-,26-,27-,29+,31+,32-,33-,34-,35+/m0/s1. The van der Waals surface area contributed by atoms with Crippen LogP contribution in [0.2, 0.25) is 0 Å². The number of anilines is 2. The highest BCUT2D eigenvalue weighted by Gasteiger charge is 2.80. The molecule has 0 spiro atoms. The second-order valence-corrected chi connectivity index (χ2v) is 13.8. The largest absolute Gasteiger partial charge is 0.399 e. The Hall–Kier alpha value is -3.48. The minimum absolute atomic E-state index is 0.112. The van der Waals surface area contributed by atoms with E-state index in [0.717, 1.165) is 0 Å². The maximum atomic E-state index is 17.6. The van der Waals surface area contributed by atoms with Crippen LogP contribution in [-0.4, -0.2) is 69.4 Å². The molecule has 1 heterocycles. The van der Waals surface area contributed by atoms with Gasteiger partial charge < -0.3 is 35.8 Å². The molecule has 46 heavy (non-hydrogen) atoms. The van der Waals surface area contributed by atoms with Crippen LogP contribution in [0.5, 0.6) is 0 Å². The Labute approximate surface area is 265 Å². The number of hydrogen-bond acceptors (Lipinski definition) is 8. The van der Waals surface area contributed by atoms with Gasteiger partial charge in [0.15, 0.2) is 23.3 Å². The molecule has 0 radical (unpaired) electrons. The summed E-state index contributed by atoms with van der Waals surface area (Å²) in [5.41, 5.74) is 1.10. The molecular weight excluding hydrogens is 598 g/mol. The van der Waals surface area contributed by atoms with Gasteiger partial charge in [-0.05, 0) is 74.1 Å². The lowest BCUT2D eigenvalue weighted by molar-refractivity contribution is -0.235. The van der Waals surface area contributed by atoms with E-state index in [2.05, 4.69) is 5.32 Å². The van der Waals surface area contributed by atoms with Gasteiger partial charge in [-0.25, -0.2) is 8.78 Å². The number of aliphatic hydroxyl groups is 3. The number of amides is 1. The molecule has 1 amide bonds. The fourth-order valence-corrected chi connectivity index (χ4v) is 9.44. The first-order valence-corrected chi connectivity index (χ1v) is 15.6. The van der Waals surface area contributed by atoms with Crippen molar-refractivity contribution in [1.82, 2.24) is 0 Å². The number of nitrogens with one attached hydrogen (secondary N) is 1. The number of ether oxygens (including phenoxy) is 2. The number of allylic oxidation sites excluding steroid dienone is 2. The Morgan fingerprint density at radius 1 is 1.09 bits per heavy atom. The van der Waals surface area contributed by atoms with Crippen molar-refractivity contribution in [2.24, 2.45) is 22.7 Å². The average Bonchev–Trinajstić information content (AvgIpc) is 3.52. The lowest BCUT2D eigenvalue weighted by Gasteiger charge is -2.63. The zero-order valence-electron chi connectivity index (χ0n) is 25.5. The topological polar surface area (TPSA) is 151 Å².